The number of azo groups is 1. The van der Waals surface area contributed by atoms with E-state index in [-0.39, 0.29) is 5.91 Å². The van der Waals surface area contributed by atoms with Crippen LogP contribution in [-0.4, -0.2) is 10.9 Å². The highest BCUT2D eigenvalue weighted by atomic mass is 32.1. The molecule has 29 heavy (non-hydrogen) atoms. The fraction of sp³-hybridized carbons (Fsp3) is 0.0435. The molecule has 0 saturated carbocycles. The van der Waals surface area contributed by atoms with Crippen molar-refractivity contribution >= 4 is 28.6 Å². The third-order valence-corrected chi connectivity index (χ3v) is 5.06. The van der Waals surface area contributed by atoms with Crippen LogP contribution in [0.1, 0.15) is 11.0 Å². The Morgan fingerprint density at radius 3 is 2.17 bits per heavy atom. The van der Waals surface area contributed by atoms with E-state index < -0.39 is 6.04 Å². The Balaban J connectivity index is 1.63. The van der Waals surface area contributed by atoms with Crippen molar-refractivity contribution in [1.82, 2.24) is 4.98 Å². The molecular formula is C23H18N4OS. The first-order valence-electron chi connectivity index (χ1n) is 9.12. The minimum atomic E-state index is -0.835. The highest BCUT2D eigenvalue weighted by Gasteiger charge is 2.24. The van der Waals surface area contributed by atoms with E-state index in [4.69, 9.17) is 0 Å². The first kappa shape index (κ1) is 18.7. The minimum absolute atomic E-state index is 0.273. The maximum absolute atomic E-state index is 13.0. The van der Waals surface area contributed by atoms with E-state index in [0.717, 1.165) is 11.3 Å². The van der Waals surface area contributed by atoms with Gasteiger partial charge in [-0.15, -0.1) is 11.3 Å². The summed E-state index contributed by atoms with van der Waals surface area (Å²) < 4.78 is 0. The number of nitrogens with zero attached hydrogens (tertiary/aromatic N) is 3. The highest BCUT2D eigenvalue weighted by Crippen LogP contribution is 2.29. The van der Waals surface area contributed by atoms with Gasteiger partial charge in [0, 0.05) is 16.6 Å². The lowest BCUT2D eigenvalue weighted by molar-refractivity contribution is -0.117. The second-order valence-corrected chi connectivity index (χ2v) is 7.14. The molecule has 3 aromatic carbocycles. The van der Waals surface area contributed by atoms with Crippen LogP contribution in [0.15, 0.2) is 107 Å². The zero-order chi connectivity index (χ0) is 19.9. The molecule has 1 N–H and O–H groups in total. The van der Waals surface area contributed by atoms with Crippen molar-refractivity contribution in [3.05, 3.63) is 101 Å². The van der Waals surface area contributed by atoms with Crippen LogP contribution in [0.3, 0.4) is 0 Å². The van der Waals surface area contributed by atoms with Gasteiger partial charge in [0.25, 0.3) is 5.91 Å². The van der Waals surface area contributed by atoms with Crippen LogP contribution in [0.25, 0.3) is 11.3 Å². The van der Waals surface area contributed by atoms with Crippen LogP contribution < -0.4 is 5.32 Å². The van der Waals surface area contributed by atoms with Crippen LogP contribution in [0, 0.1) is 0 Å². The Labute approximate surface area is 172 Å². The van der Waals surface area contributed by atoms with Gasteiger partial charge in [-0.2, -0.15) is 10.2 Å². The lowest BCUT2D eigenvalue weighted by atomic mass is 10.2. The van der Waals surface area contributed by atoms with Gasteiger partial charge in [0.2, 0.25) is 6.04 Å². The number of para-hydroxylation sites is 1. The zero-order valence-electron chi connectivity index (χ0n) is 15.5. The average molecular weight is 398 g/mol. The summed E-state index contributed by atoms with van der Waals surface area (Å²) in [6, 6.07) is 27.7. The summed E-state index contributed by atoms with van der Waals surface area (Å²) in [5.74, 6) is -0.273. The van der Waals surface area contributed by atoms with E-state index in [1.807, 2.05) is 96.4 Å². The molecule has 4 rings (SSSR count). The molecule has 1 aromatic heterocycles. The number of thiazole rings is 1. The molecule has 4 aromatic rings. The van der Waals surface area contributed by atoms with Crippen molar-refractivity contribution in [2.75, 3.05) is 5.32 Å². The van der Waals surface area contributed by atoms with Crippen LogP contribution in [0.4, 0.5) is 11.4 Å². The van der Waals surface area contributed by atoms with Crippen molar-refractivity contribution in [1.29, 1.82) is 0 Å². The molecule has 0 radical (unpaired) electrons. The number of benzene rings is 3. The summed E-state index contributed by atoms with van der Waals surface area (Å²) in [5, 5.41) is 14.0. The smallest absolute Gasteiger partial charge is 0.258 e. The van der Waals surface area contributed by atoms with E-state index in [2.05, 4.69) is 20.5 Å². The molecule has 1 heterocycles. The van der Waals surface area contributed by atoms with Crippen molar-refractivity contribution in [2.45, 2.75) is 6.04 Å². The lowest BCUT2D eigenvalue weighted by Gasteiger charge is -2.10. The number of aromatic nitrogens is 1. The van der Waals surface area contributed by atoms with Crippen molar-refractivity contribution in [3.8, 4) is 11.3 Å². The van der Waals surface area contributed by atoms with Crippen LogP contribution >= 0.6 is 11.3 Å². The highest BCUT2D eigenvalue weighted by molar-refractivity contribution is 7.10. The summed E-state index contributed by atoms with van der Waals surface area (Å²) in [6.45, 7) is 0. The monoisotopic (exact) mass is 398 g/mol. The predicted molar refractivity (Wildman–Crippen MR) is 116 cm³/mol. The van der Waals surface area contributed by atoms with Gasteiger partial charge in [-0.25, -0.2) is 4.98 Å². The quantitative estimate of drug-likeness (QED) is 0.389. The summed E-state index contributed by atoms with van der Waals surface area (Å²) in [6.07, 6.45) is 0. The standard InChI is InChI=1S/C23H18N4OS/c28-22(24-18-12-6-2-7-13-18)21(27-26-19-14-8-3-9-15-19)23-25-20(16-29-23)17-10-4-1-5-11-17/h1-16,21H,(H,24,28). The number of carbonyl (C=O) groups is 1. The molecule has 1 atom stereocenters. The first-order valence-corrected chi connectivity index (χ1v) is 10.0. The van der Waals surface area contributed by atoms with Crippen LogP contribution in [0.5, 0.6) is 0 Å². The maximum atomic E-state index is 13.0. The molecule has 0 fully saturated rings. The van der Waals surface area contributed by atoms with Gasteiger partial charge in [-0.05, 0) is 24.3 Å². The average Bonchev–Trinajstić information content (AvgIpc) is 3.26. The van der Waals surface area contributed by atoms with E-state index >= 15 is 0 Å². The number of rotatable bonds is 6. The molecule has 1 unspecified atom stereocenters. The van der Waals surface area contributed by atoms with E-state index in [0.29, 0.717) is 16.4 Å². The Morgan fingerprint density at radius 1 is 0.862 bits per heavy atom. The van der Waals surface area contributed by atoms with Gasteiger partial charge < -0.3 is 5.32 Å². The zero-order valence-corrected chi connectivity index (χ0v) is 16.3. The maximum Gasteiger partial charge on any atom is 0.258 e. The molecule has 142 valence electrons. The Morgan fingerprint density at radius 2 is 1.48 bits per heavy atom. The molecule has 5 nitrogen and oxygen atoms in total. The Bertz CT molecular complexity index is 1100. The number of amides is 1. The van der Waals surface area contributed by atoms with Gasteiger partial charge in [0.15, 0.2) is 0 Å². The number of hydrogen-bond donors (Lipinski definition) is 1. The van der Waals surface area contributed by atoms with Crippen molar-refractivity contribution < 1.29 is 4.79 Å². The lowest BCUT2D eigenvalue weighted by Crippen LogP contribution is -2.19. The second kappa shape index (κ2) is 9.03. The molecule has 0 aliphatic heterocycles. The molecule has 0 spiro atoms. The number of nitrogens with one attached hydrogen (secondary N) is 1. The van der Waals surface area contributed by atoms with Gasteiger partial charge >= 0.3 is 0 Å². The molecule has 0 aliphatic carbocycles. The van der Waals surface area contributed by atoms with Crippen molar-refractivity contribution in [3.63, 3.8) is 0 Å². The minimum Gasteiger partial charge on any atom is -0.324 e. The van der Waals surface area contributed by atoms with Gasteiger partial charge in [-0.3, -0.25) is 4.79 Å². The third-order valence-electron chi connectivity index (χ3n) is 4.16. The fourth-order valence-corrected chi connectivity index (χ4v) is 3.58. The number of anilines is 1. The molecular weight excluding hydrogens is 380 g/mol. The first-order chi connectivity index (χ1) is 14.3. The van der Waals surface area contributed by atoms with E-state index in [1.54, 1.807) is 0 Å². The van der Waals surface area contributed by atoms with Crippen LogP contribution in [0.2, 0.25) is 0 Å². The van der Waals surface area contributed by atoms with Gasteiger partial charge in [0.1, 0.15) is 5.01 Å². The Kier molecular flexibility index (Phi) is 5.83. The van der Waals surface area contributed by atoms with E-state index in [1.165, 1.54) is 11.3 Å². The summed E-state index contributed by atoms with van der Waals surface area (Å²) >= 11 is 1.40. The second-order valence-electron chi connectivity index (χ2n) is 6.25. The molecule has 0 saturated heterocycles. The molecule has 6 heteroatoms. The Hall–Kier alpha value is -3.64. The van der Waals surface area contributed by atoms with E-state index in [9.17, 15) is 4.79 Å². The molecule has 0 aliphatic rings. The van der Waals surface area contributed by atoms with Gasteiger partial charge in [-0.1, -0.05) is 66.7 Å². The number of carbonyl (C=O) groups excluding carboxylic acids is 1. The summed E-state index contributed by atoms with van der Waals surface area (Å²) in [7, 11) is 0. The topological polar surface area (TPSA) is 66.7 Å². The molecule has 1 amide bonds. The van der Waals surface area contributed by atoms with Crippen molar-refractivity contribution in [2.24, 2.45) is 10.2 Å². The third kappa shape index (κ3) is 4.80. The number of hydrogen-bond acceptors (Lipinski definition) is 5. The SMILES string of the molecule is O=C(Nc1ccccc1)C(N=Nc1ccccc1)c1nc(-c2ccccc2)cs1. The van der Waals surface area contributed by atoms with Gasteiger partial charge in [0.05, 0.1) is 11.4 Å². The molecule has 0 bridgehead atoms. The predicted octanol–water partition coefficient (Wildman–Crippen LogP) is 6.27. The summed E-state index contributed by atoms with van der Waals surface area (Å²) in [5.41, 5.74) is 3.21. The fourth-order valence-electron chi connectivity index (χ4n) is 2.72. The largest absolute Gasteiger partial charge is 0.324 e. The van der Waals surface area contributed by atoms with Crippen LogP contribution in [-0.2, 0) is 4.79 Å². The summed E-state index contributed by atoms with van der Waals surface area (Å²) in [4.78, 5) is 17.6. The normalized spacial score (nSPS) is 12.0.